The predicted molar refractivity (Wildman–Crippen MR) is 255 cm³/mol. The number of fused-ring (bicyclic) bond motifs is 9. The Morgan fingerprint density at radius 1 is 0.381 bits per heavy atom. The van der Waals surface area contributed by atoms with Crippen LogP contribution in [0.2, 0.25) is 0 Å². The van der Waals surface area contributed by atoms with Crippen molar-refractivity contribution in [3.8, 4) is 50.7 Å². The first-order chi connectivity index (χ1) is 31.2. The standard InChI is InChI=1S/C58H36N4O/c1-2-20-40(21-3-1)58(48-29-9-4-23-43(48)44-24-5-10-30-49(44)58)57-60-55(38-18-14-17-37(35-38)42-28-16-34-53-54(42)47-27-8-13-33-52(47)63-53)59-56(61-57)39-19-15-22-41(36-39)62-50-31-11-6-25-45(50)46-26-7-12-32-51(46)62/h1-36H. The first-order valence-electron chi connectivity index (χ1n) is 21.4. The van der Waals surface area contributed by atoms with E-state index in [2.05, 4.69) is 205 Å². The number of benzene rings is 9. The van der Waals surface area contributed by atoms with Crippen molar-refractivity contribution in [1.29, 1.82) is 0 Å². The fourth-order valence-electron chi connectivity index (χ4n) is 10.2. The van der Waals surface area contributed by atoms with E-state index in [1.807, 2.05) is 18.2 Å². The summed E-state index contributed by atoms with van der Waals surface area (Å²) in [6.07, 6.45) is 0. The first kappa shape index (κ1) is 35.4. The molecule has 13 rings (SSSR count). The Morgan fingerprint density at radius 2 is 0.905 bits per heavy atom. The number of hydrogen-bond donors (Lipinski definition) is 0. The largest absolute Gasteiger partial charge is 0.456 e. The molecule has 0 unspecified atom stereocenters. The molecule has 1 aliphatic rings. The maximum Gasteiger partial charge on any atom is 0.163 e. The van der Waals surface area contributed by atoms with Crippen LogP contribution in [0.5, 0.6) is 0 Å². The molecule has 0 atom stereocenters. The van der Waals surface area contributed by atoms with Gasteiger partial charge in [-0.05, 0) is 81.4 Å². The zero-order valence-corrected chi connectivity index (χ0v) is 34.0. The van der Waals surface area contributed by atoms with Crippen LogP contribution in [-0.4, -0.2) is 19.5 Å². The summed E-state index contributed by atoms with van der Waals surface area (Å²) >= 11 is 0. The van der Waals surface area contributed by atoms with Gasteiger partial charge in [-0.2, -0.15) is 0 Å². The molecule has 0 aliphatic heterocycles. The lowest BCUT2D eigenvalue weighted by atomic mass is 9.71. The van der Waals surface area contributed by atoms with Gasteiger partial charge in [0.15, 0.2) is 17.5 Å². The summed E-state index contributed by atoms with van der Waals surface area (Å²) in [5.74, 6) is 1.87. The smallest absolute Gasteiger partial charge is 0.163 e. The van der Waals surface area contributed by atoms with E-state index in [1.54, 1.807) is 0 Å². The van der Waals surface area contributed by atoms with E-state index in [9.17, 15) is 0 Å². The lowest BCUT2D eigenvalue weighted by Crippen LogP contribution is -2.31. The van der Waals surface area contributed by atoms with Gasteiger partial charge in [-0.15, -0.1) is 0 Å². The molecule has 0 N–H and O–H groups in total. The summed E-state index contributed by atoms with van der Waals surface area (Å²) < 4.78 is 8.67. The molecule has 9 aromatic carbocycles. The third kappa shape index (κ3) is 5.27. The van der Waals surface area contributed by atoms with Gasteiger partial charge in [-0.25, -0.2) is 15.0 Å². The molecule has 3 heterocycles. The topological polar surface area (TPSA) is 56.7 Å². The molecule has 3 aromatic heterocycles. The number of aromatic nitrogens is 4. The minimum absolute atomic E-state index is 0.598. The molecule has 63 heavy (non-hydrogen) atoms. The zero-order valence-electron chi connectivity index (χ0n) is 34.0. The third-order valence-electron chi connectivity index (χ3n) is 12.9. The third-order valence-corrected chi connectivity index (χ3v) is 12.9. The van der Waals surface area contributed by atoms with Crippen molar-refractivity contribution in [3.63, 3.8) is 0 Å². The zero-order chi connectivity index (χ0) is 41.5. The van der Waals surface area contributed by atoms with Crippen LogP contribution in [0, 0.1) is 0 Å². The molecule has 1 aliphatic carbocycles. The summed E-state index contributed by atoms with van der Waals surface area (Å²) in [6, 6.07) is 77.1. The van der Waals surface area contributed by atoms with Crippen molar-refractivity contribution in [2.24, 2.45) is 0 Å². The molecule has 5 heteroatoms. The normalized spacial score (nSPS) is 12.9. The molecule has 5 nitrogen and oxygen atoms in total. The number of furan rings is 1. The Kier molecular flexibility index (Phi) is 7.75. The van der Waals surface area contributed by atoms with Gasteiger partial charge in [-0.1, -0.05) is 176 Å². The SMILES string of the molecule is c1ccc(C2(c3nc(-c4cccc(-c5cccc6oc7ccccc7c56)c4)nc(-c4cccc(-n5c6ccccc6c6ccccc65)c4)n3)c3ccccc3-c3ccccc32)cc1. The number of rotatable bonds is 6. The van der Waals surface area contributed by atoms with E-state index in [4.69, 9.17) is 19.4 Å². The molecule has 0 bridgehead atoms. The van der Waals surface area contributed by atoms with Gasteiger partial charge < -0.3 is 8.98 Å². The Hall–Kier alpha value is -8.41. The highest BCUT2D eigenvalue weighted by Gasteiger charge is 2.48. The van der Waals surface area contributed by atoms with Crippen LogP contribution in [0.25, 0.3) is 94.5 Å². The van der Waals surface area contributed by atoms with Gasteiger partial charge in [0, 0.05) is 38.4 Å². The second kappa shape index (κ2) is 13.8. The van der Waals surface area contributed by atoms with Gasteiger partial charge in [0.1, 0.15) is 16.6 Å². The minimum Gasteiger partial charge on any atom is -0.456 e. The van der Waals surface area contributed by atoms with E-state index >= 15 is 0 Å². The highest BCUT2D eigenvalue weighted by molar-refractivity contribution is 6.12. The van der Waals surface area contributed by atoms with Crippen LogP contribution >= 0.6 is 0 Å². The molecule has 12 aromatic rings. The Balaban J connectivity index is 1.08. The van der Waals surface area contributed by atoms with Gasteiger partial charge in [0.05, 0.1) is 11.0 Å². The van der Waals surface area contributed by atoms with Crippen LogP contribution in [0.4, 0.5) is 0 Å². The van der Waals surface area contributed by atoms with Crippen LogP contribution in [0.15, 0.2) is 223 Å². The maximum absolute atomic E-state index is 6.33. The summed E-state index contributed by atoms with van der Waals surface area (Å²) in [4.78, 5) is 16.6. The van der Waals surface area contributed by atoms with E-state index in [1.165, 1.54) is 21.9 Å². The van der Waals surface area contributed by atoms with E-state index in [0.29, 0.717) is 17.5 Å². The van der Waals surface area contributed by atoms with Gasteiger partial charge in [-0.3, -0.25) is 0 Å². The Labute approximate surface area is 363 Å². The highest BCUT2D eigenvalue weighted by Crippen LogP contribution is 2.55. The van der Waals surface area contributed by atoms with E-state index in [-0.39, 0.29) is 0 Å². The van der Waals surface area contributed by atoms with Gasteiger partial charge in [0.25, 0.3) is 0 Å². The Bertz CT molecular complexity index is 3670. The molecule has 0 spiro atoms. The summed E-state index contributed by atoms with van der Waals surface area (Å²) in [5, 5.41) is 4.60. The number of nitrogens with zero attached hydrogens (tertiary/aromatic N) is 4. The van der Waals surface area contributed by atoms with Crippen molar-refractivity contribution in [2.75, 3.05) is 0 Å². The minimum atomic E-state index is -0.829. The lowest BCUT2D eigenvalue weighted by molar-refractivity contribution is 0.669. The summed E-state index contributed by atoms with van der Waals surface area (Å²) in [6.45, 7) is 0. The second-order valence-corrected chi connectivity index (χ2v) is 16.3. The van der Waals surface area contributed by atoms with Crippen molar-refractivity contribution in [1.82, 2.24) is 19.5 Å². The average Bonchev–Trinajstić information content (AvgIpc) is 4.01. The molecule has 0 amide bonds. The van der Waals surface area contributed by atoms with E-state index in [0.717, 1.165) is 77.6 Å². The molecule has 294 valence electrons. The van der Waals surface area contributed by atoms with Crippen LogP contribution in [0.3, 0.4) is 0 Å². The molecular weight excluding hydrogens is 769 g/mol. The average molecular weight is 805 g/mol. The van der Waals surface area contributed by atoms with Crippen LogP contribution < -0.4 is 0 Å². The van der Waals surface area contributed by atoms with Crippen molar-refractivity contribution in [3.05, 3.63) is 241 Å². The van der Waals surface area contributed by atoms with Crippen molar-refractivity contribution in [2.45, 2.75) is 5.41 Å². The van der Waals surface area contributed by atoms with E-state index < -0.39 is 5.41 Å². The number of para-hydroxylation sites is 3. The fourth-order valence-corrected chi connectivity index (χ4v) is 10.2. The monoisotopic (exact) mass is 804 g/mol. The molecule has 0 saturated carbocycles. The highest BCUT2D eigenvalue weighted by atomic mass is 16.3. The van der Waals surface area contributed by atoms with Crippen LogP contribution in [0.1, 0.15) is 22.5 Å². The summed E-state index contributed by atoms with van der Waals surface area (Å²) in [7, 11) is 0. The summed E-state index contributed by atoms with van der Waals surface area (Å²) in [5.41, 5.74) is 13.9. The number of hydrogen-bond acceptors (Lipinski definition) is 4. The lowest BCUT2D eigenvalue weighted by Gasteiger charge is -2.32. The van der Waals surface area contributed by atoms with Gasteiger partial charge >= 0.3 is 0 Å². The Morgan fingerprint density at radius 3 is 1.62 bits per heavy atom. The molecular formula is C58H36N4O. The second-order valence-electron chi connectivity index (χ2n) is 16.3. The van der Waals surface area contributed by atoms with Crippen molar-refractivity contribution < 1.29 is 4.42 Å². The maximum atomic E-state index is 6.33. The van der Waals surface area contributed by atoms with Crippen molar-refractivity contribution >= 4 is 43.7 Å². The fraction of sp³-hybridized carbons (Fsp3) is 0.0172. The first-order valence-corrected chi connectivity index (χ1v) is 21.4. The van der Waals surface area contributed by atoms with Crippen LogP contribution in [-0.2, 0) is 5.41 Å². The molecule has 0 saturated heterocycles. The predicted octanol–water partition coefficient (Wildman–Crippen LogP) is 14.2. The van der Waals surface area contributed by atoms with Gasteiger partial charge in [0.2, 0.25) is 0 Å². The quantitative estimate of drug-likeness (QED) is 0.168. The molecule has 0 fully saturated rings. The molecule has 0 radical (unpaired) electrons.